The van der Waals surface area contributed by atoms with Crippen molar-refractivity contribution in [3.63, 3.8) is 0 Å². The number of ether oxygens (including phenoxy) is 1. The summed E-state index contributed by atoms with van der Waals surface area (Å²) in [5.74, 6) is 1.16. The Labute approximate surface area is 167 Å². The molecule has 0 radical (unpaired) electrons. The van der Waals surface area contributed by atoms with Gasteiger partial charge in [-0.25, -0.2) is 5.26 Å². The second-order valence-electron chi connectivity index (χ2n) is 5.34. The SMILES string of the molecule is C.C.C.C.C=C.CC(C)(c1ccc(OO)cc1)c1ccc(OCCO)cc1. The van der Waals surface area contributed by atoms with Crippen molar-refractivity contribution >= 4 is 0 Å². The molecule has 2 rings (SSSR count). The monoisotopic (exact) mass is 380 g/mol. The van der Waals surface area contributed by atoms with Crippen LogP contribution in [-0.2, 0) is 5.41 Å². The number of aliphatic hydroxyl groups is 1. The molecule has 27 heavy (non-hydrogen) atoms. The number of aliphatic hydroxyl groups excluding tert-OH is 1. The van der Waals surface area contributed by atoms with Crippen LogP contribution in [0.15, 0.2) is 61.7 Å². The lowest BCUT2D eigenvalue weighted by Gasteiger charge is -2.26. The maximum atomic E-state index is 8.75. The maximum absolute atomic E-state index is 8.75. The topological polar surface area (TPSA) is 58.9 Å². The molecule has 4 heteroatoms. The lowest BCUT2D eigenvalue weighted by atomic mass is 9.78. The number of benzene rings is 2. The van der Waals surface area contributed by atoms with Crippen molar-refractivity contribution in [3.8, 4) is 11.5 Å². The van der Waals surface area contributed by atoms with Crippen molar-refractivity contribution in [1.82, 2.24) is 0 Å². The van der Waals surface area contributed by atoms with Gasteiger partial charge in [-0.05, 0) is 35.4 Å². The molecule has 0 spiro atoms. The Bertz CT molecular complexity index is 574. The van der Waals surface area contributed by atoms with Gasteiger partial charge >= 0.3 is 0 Å². The predicted octanol–water partition coefficient (Wildman–Crippen LogP) is 6.58. The van der Waals surface area contributed by atoms with Gasteiger partial charge in [0, 0.05) is 5.41 Å². The first-order chi connectivity index (χ1) is 11.1. The van der Waals surface area contributed by atoms with Gasteiger partial charge in [-0.3, -0.25) is 0 Å². The van der Waals surface area contributed by atoms with Crippen molar-refractivity contribution in [2.45, 2.75) is 49.0 Å². The standard InChI is InChI=1S/C17H20O4.C2H4.4CH4/c1-17(2,14-5-9-16(21-19)10-6-14)13-3-7-15(8-4-13)20-12-11-18;1-2;;;;/h3-10,18-19H,11-12H2,1-2H3;1-2H2;4*1H4. The van der Waals surface area contributed by atoms with Crippen molar-refractivity contribution in [3.05, 3.63) is 72.8 Å². The van der Waals surface area contributed by atoms with Gasteiger partial charge in [0.25, 0.3) is 0 Å². The van der Waals surface area contributed by atoms with Crippen LogP contribution in [0, 0.1) is 0 Å². The first-order valence-electron chi connectivity index (χ1n) is 7.34. The maximum Gasteiger partial charge on any atom is 0.165 e. The van der Waals surface area contributed by atoms with Gasteiger partial charge in [-0.1, -0.05) is 67.8 Å². The van der Waals surface area contributed by atoms with E-state index < -0.39 is 0 Å². The lowest BCUT2D eigenvalue weighted by Crippen LogP contribution is -2.18. The van der Waals surface area contributed by atoms with Gasteiger partial charge < -0.3 is 14.7 Å². The first-order valence-corrected chi connectivity index (χ1v) is 7.34. The van der Waals surface area contributed by atoms with Crippen LogP contribution in [0.25, 0.3) is 0 Å². The van der Waals surface area contributed by atoms with E-state index in [0.29, 0.717) is 12.4 Å². The summed E-state index contributed by atoms with van der Waals surface area (Å²) in [5, 5.41) is 17.4. The van der Waals surface area contributed by atoms with Crippen LogP contribution in [-0.4, -0.2) is 23.6 Å². The quantitative estimate of drug-likeness (QED) is 0.337. The van der Waals surface area contributed by atoms with Crippen LogP contribution >= 0.6 is 0 Å². The summed E-state index contributed by atoms with van der Waals surface area (Å²) in [5.41, 5.74) is 2.09. The third-order valence-electron chi connectivity index (χ3n) is 3.62. The molecule has 156 valence electrons. The highest BCUT2D eigenvalue weighted by molar-refractivity contribution is 5.41. The fourth-order valence-electron chi connectivity index (χ4n) is 2.23. The molecule has 0 bridgehead atoms. The summed E-state index contributed by atoms with van der Waals surface area (Å²) >= 11 is 0. The van der Waals surface area contributed by atoms with Gasteiger partial charge in [0.15, 0.2) is 5.75 Å². The number of rotatable bonds is 6. The van der Waals surface area contributed by atoms with E-state index in [-0.39, 0.29) is 41.7 Å². The Kier molecular flexibility index (Phi) is 19.1. The van der Waals surface area contributed by atoms with E-state index in [1.54, 1.807) is 12.1 Å². The highest BCUT2D eigenvalue weighted by Gasteiger charge is 2.23. The lowest BCUT2D eigenvalue weighted by molar-refractivity contribution is -0.137. The third kappa shape index (κ3) is 8.76. The fraction of sp³-hybridized carbons (Fsp3) is 0.391. The van der Waals surface area contributed by atoms with Gasteiger partial charge in [0.1, 0.15) is 12.4 Å². The van der Waals surface area contributed by atoms with Crippen LogP contribution in [0.5, 0.6) is 11.5 Å². The largest absolute Gasteiger partial charge is 0.491 e. The van der Waals surface area contributed by atoms with Crippen molar-refractivity contribution in [2.24, 2.45) is 0 Å². The molecule has 0 amide bonds. The minimum absolute atomic E-state index is 0. The predicted molar refractivity (Wildman–Crippen MR) is 119 cm³/mol. The Morgan fingerprint density at radius 1 is 0.778 bits per heavy atom. The van der Waals surface area contributed by atoms with Gasteiger partial charge in [-0.15, -0.1) is 13.2 Å². The summed E-state index contributed by atoms with van der Waals surface area (Å²) in [6, 6.07) is 15.2. The fourth-order valence-corrected chi connectivity index (χ4v) is 2.23. The summed E-state index contributed by atoms with van der Waals surface area (Å²) < 4.78 is 5.36. The molecule has 0 fully saturated rings. The zero-order valence-electron chi connectivity index (χ0n) is 13.7. The molecule has 0 saturated heterocycles. The van der Waals surface area contributed by atoms with Gasteiger partial charge in [-0.2, -0.15) is 0 Å². The molecule has 4 nitrogen and oxygen atoms in total. The first kappa shape index (κ1) is 32.4. The van der Waals surface area contributed by atoms with E-state index in [2.05, 4.69) is 31.9 Å². The second kappa shape index (κ2) is 15.9. The Balaban J connectivity index is -0.000000426. The zero-order valence-corrected chi connectivity index (χ0v) is 13.7. The van der Waals surface area contributed by atoms with Crippen molar-refractivity contribution in [2.75, 3.05) is 13.2 Å². The minimum atomic E-state index is -0.177. The minimum Gasteiger partial charge on any atom is -0.491 e. The molecule has 2 aromatic carbocycles. The van der Waals surface area contributed by atoms with E-state index in [1.165, 1.54) is 0 Å². The summed E-state index contributed by atoms with van der Waals surface area (Å²) in [4.78, 5) is 4.20. The molecule has 0 heterocycles. The average molecular weight is 381 g/mol. The van der Waals surface area contributed by atoms with Crippen LogP contribution in [0.4, 0.5) is 0 Å². The van der Waals surface area contributed by atoms with Crippen molar-refractivity contribution < 1.29 is 20.0 Å². The highest BCUT2D eigenvalue weighted by Crippen LogP contribution is 2.33. The highest BCUT2D eigenvalue weighted by atomic mass is 17.1. The normalized spacial score (nSPS) is 8.89. The van der Waals surface area contributed by atoms with E-state index >= 15 is 0 Å². The van der Waals surface area contributed by atoms with Crippen LogP contribution in [0.3, 0.4) is 0 Å². The Morgan fingerprint density at radius 3 is 1.48 bits per heavy atom. The number of hydrogen-bond donors (Lipinski definition) is 2. The molecule has 0 aromatic heterocycles. The zero-order chi connectivity index (χ0) is 17.3. The molecule has 2 aromatic rings. The molecular weight excluding hydrogens is 340 g/mol. The van der Waals surface area contributed by atoms with Crippen LogP contribution in [0.1, 0.15) is 54.7 Å². The molecule has 0 atom stereocenters. The summed E-state index contributed by atoms with van der Waals surface area (Å²) in [6.07, 6.45) is 0. The molecular formula is C23H40O4. The van der Waals surface area contributed by atoms with E-state index in [9.17, 15) is 0 Å². The second-order valence-corrected chi connectivity index (χ2v) is 5.34. The van der Waals surface area contributed by atoms with E-state index in [0.717, 1.165) is 16.9 Å². The molecule has 0 unspecified atom stereocenters. The van der Waals surface area contributed by atoms with Crippen LogP contribution < -0.4 is 9.62 Å². The third-order valence-corrected chi connectivity index (χ3v) is 3.62. The molecule has 0 aliphatic rings. The number of hydrogen-bond acceptors (Lipinski definition) is 4. The molecule has 0 aliphatic heterocycles. The Morgan fingerprint density at radius 2 is 1.15 bits per heavy atom. The molecule has 0 aliphatic carbocycles. The Hall–Kier alpha value is -2.30. The smallest absolute Gasteiger partial charge is 0.165 e. The summed E-state index contributed by atoms with van der Waals surface area (Å²) in [7, 11) is 0. The van der Waals surface area contributed by atoms with E-state index in [4.69, 9.17) is 15.1 Å². The van der Waals surface area contributed by atoms with Crippen LogP contribution in [0.2, 0.25) is 0 Å². The van der Waals surface area contributed by atoms with Crippen molar-refractivity contribution in [1.29, 1.82) is 0 Å². The molecule has 0 saturated carbocycles. The average Bonchev–Trinajstić information content (AvgIpc) is 2.62. The van der Waals surface area contributed by atoms with E-state index in [1.807, 2.05) is 36.4 Å². The molecule has 2 N–H and O–H groups in total. The van der Waals surface area contributed by atoms with Gasteiger partial charge in [0.2, 0.25) is 0 Å². The summed E-state index contributed by atoms with van der Waals surface area (Å²) in [6.45, 7) is 10.6. The van der Waals surface area contributed by atoms with Gasteiger partial charge in [0.05, 0.1) is 6.61 Å².